The van der Waals surface area contributed by atoms with Crippen molar-refractivity contribution in [3.63, 3.8) is 0 Å². The van der Waals surface area contributed by atoms with E-state index in [0.29, 0.717) is 12.2 Å². The zero-order valence-corrected chi connectivity index (χ0v) is 12.9. The first-order valence-corrected chi connectivity index (χ1v) is 8.31. The number of carboxylic acid groups (broad SMARTS) is 1. The van der Waals surface area contributed by atoms with Gasteiger partial charge in [0.2, 0.25) is 0 Å². The Hall–Kier alpha value is -1.44. The van der Waals surface area contributed by atoms with Gasteiger partial charge in [-0.2, -0.15) is 0 Å². The summed E-state index contributed by atoms with van der Waals surface area (Å²) in [6.07, 6.45) is 1.55. The fourth-order valence-electron chi connectivity index (χ4n) is 2.24. The van der Waals surface area contributed by atoms with Gasteiger partial charge in [0, 0.05) is 6.54 Å². The summed E-state index contributed by atoms with van der Waals surface area (Å²) in [6, 6.07) is 4.20. The van der Waals surface area contributed by atoms with E-state index in [-0.39, 0.29) is 22.9 Å². The van der Waals surface area contributed by atoms with E-state index in [1.807, 2.05) is 13.8 Å². The summed E-state index contributed by atoms with van der Waals surface area (Å²) >= 11 is 0. The quantitative estimate of drug-likeness (QED) is 0.921. The molecular weight excluding hydrogens is 294 g/mol. The second kappa shape index (κ2) is 6.13. The van der Waals surface area contributed by atoms with Crippen molar-refractivity contribution < 1.29 is 23.2 Å². The average Bonchev–Trinajstić information content (AvgIpc) is 2.47. The van der Waals surface area contributed by atoms with Gasteiger partial charge in [-0.05, 0) is 36.5 Å². The van der Waals surface area contributed by atoms with Crippen molar-refractivity contribution in [2.75, 3.05) is 13.2 Å². The molecule has 1 aromatic carbocycles. The van der Waals surface area contributed by atoms with Crippen LogP contribution in [0.4, 0.5) is 0 Å². The number of sulfonamides is 1. The predicted molar refractivity (Wildman–Crippen MR) is 76.6 cm³/mol. The predicted octanol–water partition coefficient (Wildman–Crippen LogP) is 2.22. The van der Waals surface area contributed by atoms with E-state index in [0.717, 1.165) is 17.3 Å². The van der Waals surface area contributed by atoms with Crippen LogP contribution in [0.15, 0.2) is 23.1 Å². The van der Waals surface area contributed by atoms with E-state index in [1.165, 1.54) is 12.1 Å². The van der Waals surface area contributed by atoms with Gasteiger partial charge in [0.05, 0.1) is 17.1 Å². The maximum absolute atomic E-state index is 12.7. The van der Waals surface area contributed by atoms with E-state index in [9.17, 15) is 13.2 Å². The molecule has 0 aliphatic carbocycles. The van der Waals surface area contributed by atoms with Crippen LogP contribution >= 0.6 is 0 Å². The van der Waals surface area contributed by atoms with Gasteiger partial charge in [0.1, 0.15) is 0 Å². The molecule has 1 aliphatic heterocycles. The van der Waals surface area contributed by atoms with Crippen LogP contribution in [0.2, 0.25) is 0 Å². The molecule has 0 spiro atoms. The summed E-state index contributed by atoms with van der Waals surface area (Å²) < 4.78 is 26.4. The highest BCUT2D eigenvalue weighted by Gasteiger charge is 2.30. The minimum absolute atomic E-state index is 0.0132. The summed E-state index contributed by atoms with van der Waals surface area (Å²) in [5, 5.41) is 9.08. The topological polar surface area (TPSA) is 83.9 Å². The Balaban J connectivity index is 2.53. The van der Waals surface area contributed by atoms with Crippen LogP contribution in [0.25, 0.3) is 0 Å². The summed E-state index contributed by atoms with van der Waals surface area (Å²) in [5.74, 6) is -1.19. The van der Waals surface area contributed by atoms with Crippen molar-refractivity contribution in [1.29, 1.82) is 0 Å². The number of benzene rings is 1. The maximum Gasteiger partial charge on any atom is 0.335 e. The molecule has 116 valence electrons. The van der Waals surface area contributed by atoms with Crippen LogP contribution in [0.1, 0.15) is 48.5 Å². The lowest BCUT2D eigenvalue weighted by Crippen LogP contribution is -2.36. The van der Waals surface area contributed by atoms with Crippen molar-refractivity contribution in [3.05, 3.63) is 29.3 Å². The summed E-state index contributed by atoms with van der Waals surface area (Å²) in [7, 11) is -3.85. The number of nitrogens with zero attached hydrogens (tertiary/aromatic N) is 1. The number of hydrogen-bond acceptors (Lipinski definition) is 4. The zero-order valence-electron chi connectivity index (χ0n) is 12.1. The minimum Gasteiger partial charge on any atom is -0.478 e. The van der Waals surface area contributed by atoms with E-state index in [1.54, 1.807) is 6.07 Å². The van der Waals surface area contributed by atoms with Crippen LogP contribution in [0.3, 0.4) is 0 Å². The number of aromatic carboxylic acids is 1. The highest BCUT2D eigenvalue weighted by Crippen LogP contribution is 2.29. The average molecular weight is 313 g/mol. The molecule has 6 nitrogen and oxygen atoms in total. The van der Waals surface area contributed by atoms with E-state index >= 15 is 0 Å². The monoisotopic (exact) mass is 313 g/mol. The number of hydroxylamine groups is 1. The van der Waals surface area contributed by atoms with E-state index in [2.05, 4.69) is 0 Å². The lowest BCUT2D eigenvalue weighted by molar-refractivity contribution is -0.108. The number of rotatable bonds is 4. The fraction of sp³-hybridized carbons (Fsp3) is 0.500. The molecule has 0 aromatic heterocycles. The third-order valence-electron chi connectivity index (χ3n) is 3.40. The van der Waals surface area contributed by atoms with Crippen molar-refractivity contribution in [1.82, 2.24) is 4.47 Å². The van der Waals surface area contributed by atoms with Crippen LogP contribution in [0, 0.1) is 0 Å². The Morgan fingerprint density at radius 1 is 1.33 bits per heavy atom. The Kier molecular flexibility index (Phi) is 4.65. The molecule has 1 aliphatic rings. The van der Waals surface area contributed by atoms with Crippen LogP contribution in [0.5, 0.6) is 0 Å². The molecule has 0 unspecified atom stereocenters. The lowest BCUT2D eigenvalue weighted by Gasteiger charge is -2.26. The Morgan fingerprint density at radius 2 is 2.05 bits per heavy atom. The number of hydrogen-bond donors (Lipinski definition) is 1. The first-order valence-electron chi connectivity index (χ1n) is 6.87. The van der Waals surface area contributed by atoms with Crippen molar-refractivity contribution in [3.8, 4) is 0 Å². The van der Waals surface area contributed by atoms with Gasteiger partial charge >= 0.3 is 5.97 Å². The number of carboxylic acids is 1. The van der Waals surface area contributed by atoms with Crippen molar-refractivity contribution in [2.45, 2.75) is 37.5 Å². The lowest BCUT2D eigenvalue weighted by atomic mass is 10.0. The van der Waals surface area contributed by atoms with E-state index in [4.69, 9.17) is 9.94 Å². The van der Waals surface area contributed by atoms with Gasteiger partial charge in [-0.3, -0.25) is 4.84 Å². The fourth-order valence-corrected chi connectivity index (χ4v) is 3.92. The standard InChI is InChI=1S/C14H19NO5S/c1-10(2)12-6-5-11(14(16)17)9-13(12)21(18,19)15-7-3-4-8-20-15/h5-6,9-10H,3-4,7-8H2,1-2H3,(H,16,17). The van der Waals surface area contributed by atoms with Gasteiger partial charge in [0.15, 0.2) is 0 Å². The van der Waals surface area contributed by atoms with Gasteiger partial charge in [-0.15, -0.1) is 0 Å². The molecule has 0 radical (unpaired) electrons. The molecule has 7 heteroatoms. The second-order valence-corrected chi connectivity index (χ2v) is 7.08. The Labute approximate surface area is 124 Å². The molecule has 0 bridgehead atoms. The molecule has 21 heavy (non-hydrogen) atoms. The first-order chi connectivity index (χ1) is 9.84. The van der Waals surface area contributed by atoms with Crippen LogP contribution in [-0.2, 0) is 14.9 Å². The molecule has 1 N–H and O–H groups in total. The molecule has 0 atom stereocenters. The summed E-state index contributed by atoms with van der Waals surface area (Å²) in [4.78, 5) is 16.3. The smallest absolute Gasteiger partial charge is 0.335 e. The zero-order chi connectivity index (χ0) is 15.6. The second-order valence-electron chi connectivity index (χ2n) is 5.28. The minimum atomic E-state index is -3.85. The normalized spacial score (nSPS) is 17.1. The third kappa shape index (κ3) is 3.25. The van der Waals surface area contributed by atoms with Crippen molar-refractivity contribution in [2.24, 2.45) is 0 Å². The highest BCUT2D eigenvalue weighted by atomic mass is 32.2. The molecule has 1 aromatic rings. The Morgan fingerprint density at radius 3 is 2.57 bits per heavy atom. The summed E-state index contributed by atoms with van der Waals surface area (Å²) in [5.41, 5.74) is 0.546. The molecule has 0 saturated carbocycles. The summed E-state index contributed by atoms with van der Waals surface area (Å²) in [6.45, 7) is 4.38. The molecule has 1 fully saturated rings. The SMILES string of the molecule is CC(C)c1ccc(C(=O)O)cc1S(=O)(=O)N1CCCCO1. The van der Waals surface area contributed by atoms with Gasteiger partial charge in [-0.25, -0.2) is 13.2 Å². The van der Waals surface area contributed by atoms with E-state index < -0.39 is 16.0 Å². The molecule has 1 heterocycles. The Bertz CT molecular complexity index is 633. The third-order valence-corrected chi connectivity index (χ3v) is 5.13. The van der Waals surface area contributed by atoms with Crippen LogP contribution < -0.4 is 0 Å². The molecular formula is C14H19NO5S. The van der Waals surface area contributed by atoms with Crippen molar-refractivity contribution >= 4 is 16.0 Å². The van der Waals surface area contributed by atoms with Gasteiger partial charge < -0.3 is 5.11 Å². The van der Waals surface area contributed by atoms with Gasteiger partial charge in [0.25, 0.3) is 10.0 Å². The highest BCUT2D eigenvalue weighted by molar-refractivity contribution is 7.89. The van der Waals surface area contributed by atoms with Crippen LogP contribution in [-0.4, -0.2) is 37.1 Å². The maximum atomic E-state index is 12.7. The molecule has 1 saturated heterocycles. The number of carbonyl (C=O) groups is 1. The largest absolute Gasteiger partial charge is 0.478 e. The first kappa shape index (κ1) is 15.9. The van der Waals surface area contributed by atoms with Gasteiger partial charge in [-0.1, -0.05) is 24.4 Å². The molecule has 2 rings (SSSR count). The molecule has 0 amide bonds.